The monoisotopic (exact) mass is 316 g/mol. The molecule has 2 aromatic rings. The highest BCUT2D eigenvalue weighted by molar-refractivity contribution is 7.13. The number of carboxylic acid groups (broad SMARTS) is 1. The Hall–Kier alpha value is -1.72. The third-order valence-corrected chi connectivity index (χ3v) is 5.06. The number of nitrogens with zero attached hydrogens (tertiary/aromatic N) is 2. The van der Waals surface area contributed by atoms with Gasteiger partial charge in [-0.1, -0.05) is 37.6 Å². The number of aromatic nitrogens is 1. The van der Waals surface area contributed by atoms with Crippen LogP contribution in [-0.2, 0) is 25.9 Å². The lowest BCUT2D eigenvalue weighted by molar-refractivity contribution is 0.0700. The molecule has 0 saturated carbocycles. The first kappa shape index (κ1) is 15.2. The van der Waals surface area contributed by atoms with Gasteiger partial charge in [0.1, 0.15) is 9.88 Å². The molecule has 22 heavy (non-hydrogen) atoms. The molecule has 0 radical (unpaired) electrons. The highest BCUT2D eigenvalue weighted by Crippen LogP contribution is 2.24. The van der Waals surface area contributed by atoms with Gasteiger partial charge in [-0.15, -0.1) is 11.3 Å². The zero-order valence-corrected chi connectivity index (χ0v) is 13.5. The molecule has 5 heteroatoms. The van der Waals surface area contributed by atoms with Crippen molar-refractivity contribution in [1.29, 1.82) is 0 Å². The highest BCUT2D eigenvalue weighted by Gasteiger charge is 2.20. The van der Waals surface area contributed by atoms with Crippen molar-refractivity contribution in [2.24, 2.45) is 0 Å². The Morgan fingerprint density at radius 3 is 2.86 bits per heavy atom. The molecule has 3 rings (SSSR count). The van der Waals surface area contributed by atoms with Crippen molar-refractivity contribution in [2.75, 3.05) is 6.54 Å². The maximum atomic E-state index is 11.3. The molecule has 1 N–H and O–H groups in total. The van der Waals surface area contributed by atoms with E-state index >= 15 is 0 Å². The Labute approximate surface area is 134 Å². The topological polar surface area (TPSA) is 53.4 Å². The molecular weight excluding hydrogens is 296 g/mol. The summed E-state index contributed by atoms with van der Waals surface area (Å²) in [4.78, 5) is 18.7. The van der Waals surface area contributed by atoms with E-state index in [1.54, 1.807) is 0 Å². The predicted octanol–water partition coefficient (Wildman–Crippen LogP) is 3.35. The molecule has 4 nitrogen and oxygen atoms in total. The summed E-state index contributed by atoms with van der Waals surface area (Å²) in [7, 11) is 0. The molecule has 1 aromatic carbocycles. The van der Waals surface area contributed by atoms with Crippen molar-refractivity contribution in [3.8, 4) is 0 Å². The van der Waals surface area contributed by atoms with Crippen LogP contribution in [0.15, 0.2) is 24.3 Å². The smallest absolute Gasteiger partial charge is 0.347 e. The third kappa shape index (κ3) is 3.20. The summed E-state index contributed by atoms with van der Waals surface area (Å²) in [6.45, 7) is 4.71. The van der Waals surface area contributed by atoms with Crippen molar-refractivity contribution >= 4 is 17.3 Å². The van der Waals surface area contributed by atoms with Crippen molar-refractivity contribution < 1.29 is 9.90 Å². The number of hydrogen-bond donors (Lipinski definition) is 1. The second kappa shape index (κ2) is 6.58. The number of hydrogen-bond acceptors (Lipinski definition) is 4. The van der Waals surface area contributed by atoms with Crippen LogP contribution in [0.1, 0.15) is 44.8 Å². The predicted molar refractivity (Wildman–Crippen MR) is 87.3 cm³/mol. The van der Waals surface area contributed by atoms with Gasteiger partial charge in [0.25, 0.3) is 0 Å². The molecule has 0 saturated heterocycles. The van der Waals surface area contributed by atoms with Gasteiger partial charge in [0, 0.05) is 13.1 Å². The van der Waals surface area contributed by atoms with Crippen LogP contribution in [0.5, 0.6) is 0 Å². The van der Waals surface area contributed by atoms with Crippen LogP contribution in [0.3, 0.4) is 0 Å². The molecule has 0 spiro atoms. The molecule has 0 fully saturated rings. The van der Waals surface area contributed by atoms with Gasteiger partial charge in [-0.3, -0.25) is 4.90 Å². The number of fused-ring (bicyclic) bond motifs is 1. The molecule has 0 atom stereocenters. The number of rotatable bonds is 5. The van der Waals surface area contributed by atoms with Gasteiger partial charge >= 0.3 is 5.97 Å². The molecule has 0 unspecified atom stereocenters. The Morgan fingerprint density at radius 1 is 1.36 bits per heavy atom. The number of aryl methyl sites for hydroxylation is 1. The summed E-state index contributed by atoms with van der Waals surface area (Å²) in [5.74, 6) is -0.851. The first-order valence-electron chi connectivity index (χ1n) is 7.68. The quantitative estimate of drug-likeness (QED) is 0.919. The summed E-state index contributed by atoms with van der Waals surface area (Å²) < 4.78 is 0. The molecule has 2 heterocycles. The van der Waals surface area contributed by atoms with Crippen molar-refractivity contribution in [1.82, 2.24) is 9.88 Å². The van der Waals surface area contributed by atoms with Gasteiger partial charge in [0.05, 0.1) is 12.2 Å². The summed E-state index contributed by atoms with van der Waals surface area (Å²) >= 11 is 1.33. The number of thiazole rings is 1. The largest absolute Gasteiger partial charge is 0.477 e. The van der Waals surface area contributed by atoms with Crippen LogP contribution >= 0.6 is 11.3 Å². The van der Waals surface area contributed by atoms with E-state index in [1.165, 1.54) is 22.5 Å². The molecule has 0 aliphatic carbocycles. The van der Waals surface area contributed by atoms with Gasteiger partial charge in [-0.2, -0.15) is 0 Å². The summed E-state index contributed by atoms with van der Waals surface area (Å²) in [5.41, 5.74) is 3.54. The number of benzene rings is 1. The minimum absolute atomic E-state index is 0.411. The maximum absolute atomic E-state index is 11.3. The molecule has 1 aliphatic heterocycles. The van der Waals surface area contributed by atoms with Gasteiger partial charge < -0.3 is 5.11 Å². The van der Waals surface area contributed by atoms with Crippen LogP contribution in [0.4, 0.5) is 0 Å². The third-order valence-electron chi connectivity index (χ3n) is 3.99. The fourth-order valence-electron chi connectivity index (χ4n) is 2.92. The lowest BCUT2D eigenvalue weighted by Crippen LogP contribution is -2.29. The molecule has 116 valence electrons. The zero-order valence-electron chi connectivity index (χ0n) is 12.7. The lowest BCUT2D eigenvalue weighted by Gasteiger charge is -2.27. The normalized spacial score (nSPS) is 14.8. The molecule has 1 aromatic heterocycles. The van der Waals surface area contributed by atoms with Crippen LogP contribution in [0.2, 0.25) is 0 Å². The summed E-state index contributed by atoms with van der Waals surface area (Å²) in [5, 5.41) is 10.2. The first-order chi connectivity index (χ1) is 10.7. The van der Waals surface area contributed by atoms with Crippen LogP contribution in [0.25, 0.3) is 0 Å². The average Bonchev–Trinajstić information content (AvgIpc) is 2.90. The Bertz CT molecular complexity index is 681. The fourth-order valence-corrected chi connectivity index (χ4v) is 3.91. The average molecular weight is 316 g/mol. The van der Waals surface area contributed by atoms with Crippen LogP contribution in [-0.4, -0.2) is 27.5 Å². The fraction of sp³-hybridized carbons (Fsp3) is 0.412. The minimum atomic E-state index is -0.851. The molecule has 0 amide bonds. The zero-order chi connectivity index (χ0) is 15.5. The van der Waals surface area contributed by atoms with E-state index < -0.39 is 5.97 Å². The highest BCUT2D eigenvalue weighted by atomic mass is 32.1. The van der Waals surface area contributed by atoms with E-state index in [4.69, 9.17) is 0 Å². The maximum Gasteiger partial charge on any atom is 0.347 e. The van der Waals surface area contributed by atoms with Gasteiger partial charge in [0.15, 0.2) is 0 Å². The van der Waals surface area contributed by atoms with Gasteiger partial charge in [0.2, 0.25) is 0 Å². The molecular formula is C17H20N2O2S. The van der Waals surface area contributed by atoms with E-state index in [0.29, 0.717) is 4.88 Å². The van der Waals surface area contributed by atoms with E-state index in [9.17, 15) is 9.90 Å². The first-order valence-corrected chi connectivity index (χ1v) is 8.50. The van der Waals surface area contributed by atoms with Gasteiger partial charge in [-0.05, 0) is 24.0 Å². The van der Waals surface area contributed by atoms with Crippen LogP contribution < -0.4 is 0 Å². The van der Waals surface area contributed by atoms with Gasteiger partial charge in [-0.25, -0.2) is 9.78 Å². The summed E-state index contributed by atoms with van der Waals surface area (Å²) in [6, 6.07) is 8.53. The van der Waals surface area contributed by atoms with Crippen molar-refractivity contribution in [3.63, 3.8) is 0 Å². The van der Waals surface area contributed by atoms with E-state index in [-0.39, 0.29) is 0 Å². The van der Waals surface area contributed by atoms with E-state index in [0.717, 1.165) is 49.6 Å². The second-order valence-corrected chi connectivity index (χ2v) is 6.75. The van der Waals surface area contributed by atoms with Crippen molar-refractivity contribution in [2.45, 2.75) is 39.3 Å². The Balaban J connectivity index is 1.74. The lowest BCUT2D eigenvalue weighted by atomic mass is 10.0. The number of carboxylic acids is 1. The minimum Gasteiger partial charge on any atom is -0.477 e. The van der Waals surface area contributed by atoms with Crippen LogP contribution in [0, 0.1) is 0 Å². The number of carbonyl (C=O) groups is 1. The Kier molecular flexibility index (Phi) is 4.55. The van der Waals surface area contributed by atoms with E-state index in [2.05, 4.69) is 34.1 Å². The standard InChI is InChI=1S/C17H20N2O2S/c1-2-5-14-16(17(20)21)22-15(18-14)11-19-9-8-12-6-3-4-7-13(12)10-19/h3-4,6-7H,2,5,8-11H2,1H3,(H,20,21). The summed E-state index contributed by atoms with van der Waals surface area (Å²) in [6.07, 6.45) is 2.71. The van der Waals surface area contributed by atoms with E-state index in [1.807, 2.05) is 6.92 Å². The molecule has 1 aliphatic rings. The second-order valence-electron chi connectivity index (χ2n) is 5.67. The van der Waals surface area contributed by atoms with Crippen molar-refractivity contribution in [3.05, 3.63) is 51.0 Å². The Morgan fingerprint density at radius 2 is 2.14 bits per heavy atom. The number of aromatic carboxylic acids is 1. The SMILES string of the molecule is CCCc1nc(CN2CCc3ccccc3C2)sc1C(=O)O. The molecule has 0 bridgehead atoms.